The second-order valence-electron chi connectivity index (χ2n) is 6.39. The van der Waals surface area contributed by atoms with E-state index < -0.39 is 12.1 Å². The summed E-state index contributed by atoms with van der Waals surface area (Å²) in [6.07, 6.45) is 3.95. The fourth-order valence-electron chi connectivity index (χ4n) is 3.13. The fraction of sp³-hybridized carbons (Fsp3) is 0.444. The molecule has 132 valence electrons. The summed E-state index contributed by atoms with van der Waals surface area (Å²) >= 11 is 0. The number of carbonyl (C=O) groups is 2. The van der Waals surface area contributed by atoms with E-state index >= 15 is 0 Å². The van der Waals surface area contributed by atoms with Gasteiger partial charge in [0.05, 0.1) is 24.3 Å². The number of β-amino-alcohol motifs (C(OH)–C–C–N with tert-alkyl or cyclic N) is 1. The van der Waals surface area contributed by atoms with Gasteiger partial charge in [-0.1, -0.05) is 11.2 Å². The van der Waals surface area contributed by atoms with Gasteiger partial charge in [0.1, 0.15) is 5.76 Å². The molecule has 0 aromatic carbocycles. The first-order valence-electron chi connectivity index (χ1n) is 8.34. The summed E-state index contributed by atoms with van der Waals surface area (Å²) in [6.45, 7) is 1.96. The van der Waals surface area contributed by atoms with Crippen molar-refractivity contribution in [1.29, 1.82) is 0 Å². The smallest absolute Gasteiger partial charge is 0.231 e. The zero-order chi connectivity index (χ0) is 17.8. The van der Waals surface area contributed by atoms with Gasteiger partial charge in [-0.25, -0.2) is 0 Å². The summed E-state index contributed by atoms with van der Waals surface area (Å²) in [5.74, 6) is 0.195. The van der Waals surface area contributed by atoms with E-state index in [9.17, 15) is 14.7 Å². The standard InChI is InChI=1S/C18H21N3O4/c1-12-7-15(25-20-12)9-18(24)21-11-14(22)8-16(21)17(23)5-4-13-3-2-6-19-10-13/h2-3,6-7,10,14,16,22H,4-5,8-9,11H2,1H3/t14-,16+/m1/s1. The maximum atomic E-state index is 12.6. The molecule has 3 heterocycles. The Morgan fingerprint density at radius 3 is 2.96 bits per heavy atom. The monoisotopic (exact) mass is 343 g/mol. The molecule has 0 bridgehead atoms. The fourth-order valence-corrected chi connectivity index (χ4v) is 3.13. The second-order valence-corrected chi connectivity index (χ2v) is 6.39. The van der Waals surface area contributed by atoms with E-state index in [0.717, 1.165) is 5.56 Å². The van der Waals surface area contributed by atoms with Gasteiger partial charge in [-0.05, 0) is 25.0 Å². The molecule has 2 atom stereocenters. The first-order chi connectivity index (χ1) is 12.0. The van der Waals surface area contributed by atoms with Crippen LogP contribution in [-0.2, 0) is 22.4 Å². The van der Waals surface area contributed by atoms with E-state index in [4.69, 9.17) is 4.52 Å². The molecule has 1 fully saturated rings. The lowest BCUT2D eigenvalue weighted by Crippen LogP contribution is -2.41. The van der Waals surface area contributed by atoms with Crippen molar-refractivity contribution in [2.75, 3.05) is 6.54 Å². The Balaban J connectivity index is 1.62. The number of aromatic nitrogens is 2. The predicted molar refractivity (Wildman–Crippen MR) is 88.6 cm³/mol. The van der Waals surface area contributed by atoms with Crippen LogP contribution in [0.25, 0.3) is 0 Å². The Bertz CT molecular complexity index is 744. The molecule has 1 amide bonds. The van der Waals surface area contributed by atoms with E-state index in [1.54, 1.807) is 25.4 Å². The Morgan fingerprint density at radius 2 is 2.28 bits per heavy atom. The second kappa shape index (κ2) is 7.57. The van der Waals surface area contributed by atoms with Crippen LogP contribution in [0, 0.1) is 6.92 Å². The van der Waals surface area contributed by atoms with Crippen molar-refractivity contribution >= 4 is 11.7 Å². The number of aryl methyl sites for hydroxylation is 2. The van der Waals surface area contributed by atoms with Gasteiger partial charge in [-0.2, -0.15) is 0 Å². The van der Waals surface area contributed by atoms with Gasteiger partial charge < -0.3 is 14.5 Å². The lowest BCUT2D eigenvalue weighted by atomic mass is 10.0. The Labute approximate surface area is 145 Å². The molecule has 1 N–H and O–H groups in total. The van der Waals surface area contributed by atoms with Crippen LogP contribution < -0.4 is 0 Å². The molecular weight excluding hydrogens is 322 g/mol. The summed E-state index contributed by atoms with van der Waals surface area (Å²) in [4.78, 5) is 30.6. The van der Waals surface area contributed by atoms with Crippen LogP contribution in [0.15, 0.2) is 35.1 Å². The first kappa shape index (κ1) is 17.3. The molecule has 25 heavy (non-hydrogen) atoms. The van der Waals surface area contributed by atoms with E-state index in [-0.39, 0.29) is 31.1 Å². The maximum absolute atomic E-state index is 12.6. The highest BCUT2D eigenvalue weighted by molar-refractivity contribution is 5.90. The van der Waals surface area contributed by atoms with Gasteiger partial charge in [0, 0.05) is 37.8 Å². The van der Waals surface area contributed by atoms with Gasteiger partial charge in [0.15, 0.2) is 5.78 Å². The van der Waals surface area contributed by atoms with E-state index in [0.29, 0.717) is 24.3 Å². The van der Waals surface area contributed by atoms with Crippen molar-refractivity contribution in [3.8, 4) is 0 Å². The summed E-state index contributed by atoms with van der Waals surface area (Å²) in [7, 11) is 0. The molecule has 1 saturated heterocycles. The average Bonchev–Trinajstić information content (AvgIpc) is 3.19. The molecular formula is C18H21N3O4. The van der Waals surface area contributed by atoms with Crippen LogP contribution in [0.4, 0.5) is 0 Å². The van der Waals surface area contributed by atoms with Crippen LogP contribution >= 0.6 is 0 Å². The number of hydrogen-bond acceptors (Lipinski definition) is 6. The number of carbonyl (C=O) groups excluding carboxylic acids is 2. The summed E-state index contributed by atoms with van der Waals surface area (Å²) in [6, 6.07) is 4.86. The van der Waals surface area contributed by atoms with E-state index in [2.05, 4.69) is 10.1 Å². The third-order valence-corrected chi connectivity index (χ3v) is 4.36. The molecule has 1 aliphatic heterocycles. The van der Waals surface area contributed by atoms with Crippen LogP contribution in [0.1, 0.15) is 29.9 Å². The number of hydrogen-bond donors (Lipinski definition) is 1. The van der Waals surface area contributed by atoms with Crippen molar-refractivity contribution in [3.05, 3.63) is 47.6 Å². The molecule has 0 unspecified atom stereocenters. The lowest BCUT2D eigenvalue weighted by molar-refractivity contribution is -0.137. The maximum Gasteiger partial charge on any atom is 0.231 e. The Morgan fingerprint density at radius 1 is 1.44 bits per heavy atom. The molecule has 3 rings (SSSR count). The normalized spacial score (nSPS) is 20.0. The quantitative estimate of drug-likeness (QED) is 0.843. The van der Waals surface area contributed by atoms with Crippen molar-refractivity contribution in [2.45, 2.75) is 44.8 Å². The number of likely N-dealkylation sites (tertiary alicyclic amines) is 1. The van der Waals surface area contributed by atoms with Crippen LogP contribution in [-0.4, -0.2) is 50.5 Å². The van der Waals surface area contributed by atoms with Gasteiger partial charge in [0.2, 0.25) is 5.91 Å². The summed E-state index contributed by atoms with van der Waals surface area (Å²) < 4.78 is 5.07. The van der Waals surface area contributed by atoms with Crippen molar-refractivity contribution < 1.29 is 19.2 Å². The third-order valence-electron chi connectivity index (χ3n) is 4.36. The Hall–Kier alpha value is -2.54. The van der Waals surface area contributed by atoms with Gasteiger partial charge in [0.25, 0.3) is 0 Å². The number of aliphatic hydroxyl groups is 1. The van der Waals surface area contributed by atoms with Crippen molar-refractivity contribution in [1.82, 2.24) is 15.0 Å². The molecule has 1 aliphatic rings. The zero-order valence-corrected chi connectivity index (χ0v) is 14.1. The van der Waals surface area contributed by atoms with Gasteiger partial charge in [-0.3, -0.25) is 14.6 Å². The minimum Gasteiger partial charge on any atom is -0.391 e. The first-order valence-corrected chi connectivity index (χ1v) is 8.34. The molecule has 7 nitrogen and oxygen atoms in total. The summed E-state index contributed by atoms with van der Waals surface area (Å²) in [5, 5.41) is 13.7. The largest absolute Gasteiger partial charge is 0.391 e. The third kappa shape index (κ3) is 4.30. The highest BCUT2D eigenvalue weighted by atomic mass is 16.5. The number of ketones is 1. The van der Waals surface area contributed by atoms with E-state index in [1.807, 2.05) is 12.1 Å². The number of pyridine rings is 1. The molecule has 2 aromatic rings. The molecule has 0 spiro atoms. The average molecular weight is 343 g/mol. The highest BCUT2D eigenvalue weighted by Crippen LogP contribution is 2.22. The molecule has 0 radical (unpaired) electrons. The lowest BCUT2D eigenvalue weighted by Gasteiger charge is -2.23. The highest BCUT2D eigenvalue weighted by Gasteiger charge is 2.38. The Kier molecular flexibility index (Phi) is 5.23. The van der Waals surface area contributed by atoms with Crippen LogP contribution in [0.5, 0.6) is 0 Å². The number of nitrogens with zero attached hydrogens (tertiary/aromatic N) is 3. The van der Waals surface area contributed by atoms with Gasteiger partial charge in [-0.15, -0.1) is 0 Å². The molecule has 7 heteroatoms. The molecule has 2 aromatic heterocycles. The number of Topliss-reactive ketones (excluding diaryl/α,β-unsaturated/α-hetero) is 1. The number of amides is 1. The minimum atomic E-state index is -0.673. The van der Waals surface area contributed by atoms with Crippen LogP contribution in [0.3, 0.4) is 0 Å². The minimum absolute atomic E-state index is 0.0393. The SMILES string of the molecule is Cc1cc(CC(=O)N2C[C@H](O)C[C@H]2C(=O)CCc2cccnc2)on1. The zero-order valence-electron chi connectivity index (χ0n) is 14.1. The predicted octanol–water partition coefficient (Wildman–Crippen LogP) is 1.08. The van der Waals surface area contributed by atoms with Crippen LogP contribution in [0.2, 0.25) is 0 Å². The molecule has 0 saturated carbocycles. The van der Waals surface area contributed by atoms with E-state index in [1.165, 1.54) is 4.90 Å². The topological polar surface area (TPSA) is 96.5 Å². The van der Waals surface area contributed by atoms with Crippen molar-refractivity contribution in [3.63, 3.8) is 0 Å². The van der Waals surface area contributed by atoms with Crippen molar-refractivity contribution in [2.24, 2.45) is 0 Å². The van der Waals surface area contributed by atoms with Gasteiger partial charge >= 0.3 is 0 Å². The number of rotatable bonds is 6. The summed E-state index contributed by atoms with van der Waals surface area (Å²) in [5.41, 5.74) is 1.68. The molecule has 0 aliphatic carbocycles. The number of aliphatic hydroxyl groups excluding tert-OH is 1.